The molecule has 0 radical (unpaired) electrons. The SMILES string of the molecule is O=C(CCc1ccc(O)cc1)N1C[C@H]2CC[C@@H](C1)N(CC1CCC1)C2=O. The van der Waals surface area contributed by atoms with Crippen LogP contribution in [0.25, 0.3) is 0 Å². The Morgan fingerprint density at radius 2 is 1.85 bits per heavy atom. The van der Waals surface area contributed by atoms with E-state index in [1.54, 1.807) is 12.1 Å². The Morgan fingerprint density at radius 1 is 1.08 bits per heavy atom. The first kappa shape index (κ1) is 17.4. The van der Waals surface area contributed by atoms with E-state index in [4.69, 9.17) is 0 Å². The molecule has 26 heavy (non-hydrogen) atoms. The van der Waals surface area contributed by atoms with Crippen molar-refractivity contribution in [2.75, 3.05) is 19.6 Å². The number of rotatable bonds is 5. The van der Waals surface area contributed by atoms with E-state index in [-0.39, 0.29) is 29.5 Å². The molecule has 3 heterocycles. The van der Waals surface area contributed by atoms with Crippen LogP contribution in [0.2, 0.25) is 0 Å². The van der Waals surface area contributed by atoms with Gasteiger partial charge in [-0.25, -0.2) is 0 Å². The first-order valence-corrected chi connectivity index (χ1v) is 9.96. The van der Waals surface area contributed by atoms with E-state index in [1.165, 1.54) is 19.3 Å². The number of aromatic hydroxyl groups is 1. The van der Waals surface area contributed by atoms with Crippen LogP contribution in [-0.4, -0.2) is 52.4 Å². The Labute approximate surface area is 155 Å². The lowest BCUT2D eigenvalue weighted by molar-refractivity contribution is -0.141. The molecule has 4 fully saturated rings. The summed E-state index contributed by atoms with van der Waals surface area (Å²) in [5.41, 5.74) is 1.05. The predicted octanol–water partition coefficient (Wildman–Crippen LogP) is 2.57. The third-order valence-corrected chi connectivity index (χ3v) is 6.39. The fraction of sp³-hybridized carbons (Fsp3) is 0.619. The van der Waals surface area contributed by atoms with Gasteiger partial charge >= 0.3 is 0 Å². The van der Waals surface area contributed by atoms with Gasteiger partial charge in [0, 0.05) is 32.1 Å². The Hall–Kier alpha value is -2.04. The number of piperidine rings is 1. The van der Waals surface area contributed by atoms with E-state index in [2.05, 4.69) is 4.90 Å². The Kier molecular flexibility index (Phi) is 4.88. The smallest absolute Gasteiger partial charge is 0.227 e. The number of benzene rings is 1. The number of carbonyl (C=O) groups is 2. The second-order valence-electron chi connectivity index (χ2n) is 8.18. The number of carbonyl (C=O) groups excluding carboxylic acids is 2. The van der Waals surface area contributed by atoms with Gasteiger partial charge in [0.2, 0.25) is 11.8 Å². The molecule has 2 amide bonds. The molecule has 1 aromatic rings. The summed E-state index contributed by atoms with van der Waals surface area (Å²) in [6.07, 6.45) is 6.87. The maximum absolute atomic E-state index is 12.8. The number of fused-ring (bicyclic) bond motifs is 4. The fourth-order valence-electron chi connectivity index (χ4n) is 4.51. The molecule has 5 nitrogen and oxygen atoms in total. The summed E-state index contributed by atoms with van der Waals surface area (Å²) in [5.74, 6) is 1.34. The van der Waals surface area contributed by atoms with Crippen LogP contribution >= 0.6 is 0 Å². The zero-order valence-corrected chi connectivity index (χ0v) is 15.3. The molecule has 1 aliphatic carbocycles. The van der Waals surface area contributed by atoms with Gasteiger partial charge in [0.1, 0.15) is 5.75 Å². The van der Waals surface area contributed by atoms with Gasteiger partial charge in [-0.1, -0.05) is 18.6 Å². The molecule has 1 saturated carbocycles. The van der Waals surface area contributed by atoms with Crippen LogP contribution in [0.4, 0.5) is 0 Å². The average Bonchev–Trinajstić information content (AvgIpc) is 2.89. The number of aryl methyl sites for hydroxylation is 1. The van der Waals surface area contributed by atoms with Crippen LogP contribution in [-0.2, 0) is 16.0 Å². The molecular formula is C21H28N2O3. The molecule has 0 spiro atoms. The predicted molar refractivity (Wildman–Crippen MR) is 98.6 cm³/mol. The van der Waals surface area contributed by atoms with E-state index in [1.807, 2.05) is 17.0 Å². The zero-order chi connectivity index (χ0) is 18.1. The quantitative estimate of drug-likeness (QED) is 0.882. The van der Waals surface area contributed by atoms with Crippen molar-refractivity contribution in [3.05, 3.63) is 29.8 Å². The molecule has 2 atom stereocenters. The molecule has 140 valence electrons. The number of nitrogens with zero attached hydrogens (tertiary/aromatic N) is 2. The summed E-state index contributed by atoms with van der Waals surface area (Å²) in [4.78, 5) is 29.6. The van der Waals surface area contributed by atoms with Crippen LogP contribution in [0.5, 0.6) is 5.75 Å². The summed E-state index contributed by atoms with van der Waals surface area (Å²) in [5, 5.41) is 9.36. The highest BCUT2D eigenvalue weighted by molar-refractivity contribution is 5.83. The van der Waals surface area contributed by atoms with Gasteiger partial charge in [0.25, 0.3) is 0 Å². The van der Waals surface area contributed by atoms with Crippen molar-refractivity contribution in [3.63, 3.8) is 0 Å². The van der Waals surface area contributed by atoms with E-state index >= 15 is 0 Å². The molecule has 5 heteroatoms. The minimum atomic E-state index is -0.00792. The summed E-state index contributed by atoms with van der Waals surface area (Å²) in [6, 6.07) is 7.24. The van der Waals surface area contributed by atoms with Gasteiger partial charge in [-0.3, -0.25) is 9.59 Å². The average molecular weight is 356 g/mol. The Balaban J connectivity index is 1.37. The van der Waals surface area contributed by atoms with Gasteiger partial charge in [-0.2, -0.15) is 0 Å². The summed E-state index contributed by atoms with van der Waals surface area (Å²) >= 11 is 0. The topological polar surface area (TPSA) is 60.9 Å². The van der Waals surface area contributed by atoms with Crippen LogP contribution in [0.1, 0.15) is 44.1 Å². The highest BCUT2D eigenvalue weighted by Crippen LogP contribution is 2.34. The van der Waals surface area contributed by atoms with Gasteiger partial charge in [0.05, 0.1) is 5.92 Å². The maximum atomic E-state index is 12.8. The van der Waals surface area contributed by atoms with Crippen molar-refractivity contribution >= 4 is 11.8 Å². The minimum Gasteiger partial charge on any atom is -0.508 e. The summed E-state index contributed by atoms with van der Waals surface area (Å²) in [6.45, 7) is 2.18. The van der Waals surface area contributed by atoms with Gasteiger partial charge in [-0.15, -0.1) is 0 Å². The number of amides is 2. The lowest BCUT2D eigenvalue weighted by atomic mass is 9.83. The van der Waals surface area contributed by atoms with Crippen molar-refractivity contribution < 1.29 is 14.7 Å². The zero-order valence-electron chi connectivity index (χ0n) is 15.3. The maximum Gasteiger partial charge on any atom is 0.227 e. The fourth-order valence-corrected chi connectivity index (χ4v) is 4.51. The van der Waals surface area contributed by atoms with E-state index < -0.39 is 0 Å². The highest BCUT2D eigenvalue weighted by Gasteiger charge is 2.42. The highest BCUT2D eigenvalue weighted by atomic mass is 16.3. The van der Waals surface area contributed by atoms with Crippen molar-refractivity contribution in [2.24, 2.45) is 11.8 Å². The Morgan fingerprint density at radius 3 is 2.54 bits per heavy atom. The van der Waals surface area contributed by atoms with Crippen molar-refractivity contribution in [1.82, 2.24) is 9.80 Å². The molecule has 2 bridgehead atoms. The van der Waals surface area contributed by atoms with E-state index in [0.29, 0.717) is 31.8 Å². The van der Waals surface area contributed by atoms with E-state index in [9.17, 15) is 14.7 Å². The molecule has 4 aliphatic rings. The lowest BCUT2D eigenvalue weighted by Gasteiger charge is -2.40. The third kappa shape index (κ3) is 3.57. The molecule has 0 unspecified atom stereocenters. The molecule has 1 aromatic carbocycles. The van der Waals surface area contributed by atoms with Crippen molar-refractivity contribution in [2.45, 2.75) is 51.0 Å². The van der Waals surface area contributed by atoms with Crippen molar-refractivity contribution in [3.8, 4) is 5.75 Å². The molecule has 5 rings (SSSR count). The molecule has 3 aliphatic heterocycles. The molecule has 1 N–H and O–H groups in total. The second-order valence-corrected chi connectivity index (χ2v) is 8.18. The van der Waals surface area contributed by atoms with Gasteiger partial charge in [-0.05, 0) is 55.7 Å². The number of phenols is 1. The standard InChI is InChI=1S/C21H28N2O3/c24-19-9-4-15(5-10-19)6-11-20(25)22-13-17-7-8-18(14-22)23(21(17)26)12-16-2-1-3-16/h4-5,9-10,16-18,24H,1-3,6-8,11-14H2/t17-,18+/m1/s1. The largest absolute Gasteiger partial charge is 0.508 e. The first-order chi connectivity index (χ1) is 12.6. The van der Waals surface area contributed by atoms with Crippen LogP contribution in [0.15, 0.2) is 24.3 Å². The monoisotopic (exact) mass is 356 g/mol. The normalized spacial score (nSPS) is 25.9. The number of phenolic OH excluding ortho intramolecular Hbond substituents is 1. The first-order valence-electron chi connectivity index (χ1n) is 9.96. The number of hydrogen-bond donors (Lipinski definition) is 1. The van der Waals surface area contributed by atoms with Crippen molar-refractivity contribution in [1.29, 1.82) is 0 Å². The number of hydrogen-bond acceptors (Lipinski definition) is 3. The molecule has 0 aromatic heterocycles. The van der Waals surface area contributed by atoms with Crippen LogP contribution < -0.4 is 0 Å². The summed E-state index contributed by atoms with van der Waals surface area (Å²) < 4.78 is 0. The second kappa shape index (κ2) is 7.29. The summed E-state index contributed by atoms with van der Waals surface area (Å²) in [7, 11) is 0. The third-order valence-electron chi connectivity index (χ3n) is 6.39. The van der Waals surface area contributed by atoms with Gasteiger partial charge < -0.3 is 14.9 Å². The van der Waals surface area contributed by atoms with Gasteiger partial charge in [0.15, 0.2) is 0 Å². The van der Waals surface area contributed by atoms with Crippen LogP contribution in [0.3, 0.4) is 0 Å². The molecule has 3 saturated heterocycles. The Bertz CT molecular complexity index is 668. The lowest BCUT2D eigenvalue weighted by Crippen LogP contribution is -2.50. The van der Waals surface area contributed by atoms with E-state index in [0.717, 1.165) is 24.9 Å². The minimum absolute atomic E-state index is 0.00792. The molecular weight excluding hydrogens is 328 g/mol. The van der Waals surface area contributed by atoms with Crippen LogP contribution in [0, 0.1) is 11.8 Å².